The molecule has 0 unspecified atom stereocenters. The molecule has 1 N–H and O–H groups in total. The predicted molar refractivity (Wildman–Crippen MR) is 107 cm³/mol. The van der Waals surface area contributed by atoms with Gasteiger partial charge in [-0.3, -0.25) is 4.79 Å². The van der Waals surface area contributed by atoms with Crippen LogP contribution in [0.2, 0.25) is 0 Å². The zero-order valence-electron chi connectivity index (χ0n) is 15.6. The molecule has 0 saturated heterocycles. The van der Waals surface area contributed by atoms with E-state index in [0.29, 0.717) is 12.1 Å². The first-order valence-electron chi connectivity index (χ1n) is 8.69. The number of carbonyl (C=O) groups is 1. The van der Waals surface area contributed by atoms with Gasteiger partial charge in [0.25, 0.3) is 5.91 Å². The predicted octanol–water partition coefficient (Wildman–Crippen LogP) is 4.54. The lowest BCUT2D eigenvalue weighted by Crippen LogP contribution is -2.22. The topological polar surface area (TPSA) is 60.5 Å². The van der Waals surface area contributed by atoms with Gasteiger partial charge < -0.3 is 14.8 Å². The Kier molecular flexibility index (Phi) is 6.08. The van der Waals surface area contributed by atoms with E-state index in [1.165, 1.54) is 11.3 Å². The number of amides is 1. The minimum Gasteiger partial charge on any atom is -0.497 e. The second-order valence-corrected chi connectivity index (χ2v) is 7.17. The number of carbonyl (C=O) groups excluding carboxylic acids is 1. The van der Waals surface area contributed by atoms with Crippen LogP contribution in [0.3, 0.4) is 0 Å². The van der Waals surface area contributed by atoms with Crippen LogP contribution in [-0.4, -0.2) is 24.1 Å². The van der Waals surface area contributed by atoms with Gasteiger partial charge in [0.05, 0.1) is 25.5 Å². The summed E-state index contributed by atoms with van der Waals surface area (Å²) >= 11 is 1.52. The van der Waals surface area contributed by atoms with Crippen molar-refractivity contribution in [3.8, 4) is 22.8 Å². The smallest absolute Gasteiger partial charge is 0.251 e. The molecule has 5 nitrogen and oxygen atoms in total. The van der Waals surface area contributed by atoms with Crippen molar-refractivity contribution < 1.29 is 14.3 Å². The van der Waals surface area contributed by atoms with E-state index in [9.17, 15) is 4.79 Å². The molecule has 0 aliphatic rings. The maximum atomic E-state index is 12.3. The molecule has 0 aliphatic heterocycles. The Balaban J connectivity index is 1.58. The largest absolute Gasteiger partial charge is 0.497 e. The molecule has 0 fully saturated rings. The summed E-state index contributed by atoms with van der Waals surface area (Å²) in [6.45, 7) is 4.33. The minimum atomic E-state index is -0.132. The molecule has 1 amide bonds. The summed E-state index contributed by atoms with van der Waals surface area (Å²) in [4.78, 5) is 16.9. The van der Waals surface area contributed by atoms with E-state index in [1.54, 1.807) is 31.4 Å². The van der Waals surface area contributed by atoms with Gasteiger partial charge in [0.15, 0.2) is 0 Å². The van der Waals surface area contributed by atoms with E-state index in [-0.39, 0.29) is 12.0 Å². The maximum absolute atomic E-state index is 12.3. The summed E-state index contributed by atoms with van der Waals surface area (Å²) in [5, 5.41) is 5.75. The van der Waals surface area contributed by atoms with Crippen molar-refractivity contribution in [2.45, 2.75) is 26.5 Å². The van der Waals surface area contributed by atoms with Gasteiger partial charge in [-0.15, -0.1) is 11.3 Å². The van der Waals surface area contributed by atoms with E-state index >= 15 is 0 Å². The molecule has 1 heterocycles. The van der Waals surface area contributed by atoms with Gasteiger partial charge in [0, 0.05) is 16.5 Å². The Morgan fingerprint density at radius 3 is 2.37 bits per heavy atom. The number of aromatic nitrogens is 1. The minimum absolute atomic E-state index is 0.106. The highest BCUT2D eigenvalue weighted by molar-refractivity contribution is 7.09. The standard InChI is InChI=1S/C21H22N2O3S/c1-14(2)26-18-10-6-16(7-11-18)21(24)22-12-20-23-19(13-27-20)15-4-8-17(25-3)9-5-15/h4-11,13-14H,12H2,1-3H3,(H,22,24). The number of hydrogen-bond acceptors (Lipinski definition) is 5. The monoisotopic (exact) mass is 382 g/mol. The Morgan fingerprint density at radius 1 is 1.07 bits per heavy atom. The van der Waals surface area contributed by atoms with E-state index in [2.05, 4.69) is 10.3 Å². The molecule has 3 aromatic rings. The van der Waals surface area contributed by atoms with Gasteiger partial charge in [-0.1, -0.05) is 0 Å². The van der Waals surface area contributed by atoms with Crippen LogP contribution in [0, 0.1) is 0 Å². The van der Waals surface area contributed by atoms with Gasteiger partial charge in [-0.2, -0.15) is 0 Å². The summed E-state index contributed by atoms with van der Waals surface area (Å²) in [5.74, 6) is 1.43. The van der Waals surface area contributed by atoms with Crippen LogP contribution < -0.4 is 14.8 Å². The normalized spacial score (nSPS) is 10.7. The first kappa shape index (κ1) is 18.9. The van der Waals surface area contributed by atoms with Gasteiger partial charge in [-0.05, 0) is 62.4 Å². The summed E-state index contributed by atoms with van der Waals surface area (Å²) in [7, 11) is 1.64. The highest BCUT2D eigenvalue weighted by Gasteiger charge is 2.09. The van der Waals surface area contributed by atoms with Crippen LogP contribution in [0.4, 0.5) is 0 Å². The van der Waals surface area contributed by atoms with Gasteiger partial charge >= 0.3 is 0 Å². The van der Waals surface area contributed by atoms with E-state index in [4.69, 9.17) is 9.47 Å². The number of nitrogens with zero attached hydrogens (tertiary/aromatic N) is 1. The molecule has 3 rings (SSSR count). The number of thiazole rings is 1. The SMILES string of the molecule is COc1ccc(-c2csc(CNC(=O)c3ccc(OC(C)C)cc3)n2)cc1. The van der Waals surface area contributed by atoms with Crippen LogP contribution >= 0.6 is 11.3 Å². The van der Waals surface area contributed by atoms with Crippen molar-refractivity contribution in [2.24, 2.45) is 0 Å². The molecule has 0 spiro atoms. The molecule has 0 atom stereocenters. The van der Waals surface area contributed by atoms with Crippen LogP contribution in [0.1, 0.15) is 29.2 Å². The number of methoxy groups -OCH3 is 1. The Labute approximate surface area is 163 Å². The summed E-state index contributed by atoms with van der Waals surface area (Å²) in [6, 6.07) is 14.9. The van der Waals surface area contributed by atoms with Crippen molar-refractivity contribution in [2.75, 3.05) is 7.11 Å². The van der Waals surface area contributed by atoms with Gasteiger partial charge in [-0.25, -0.2) is 4.98 Å². The molecule has 0 bridgehead atoms. The van der Waals surface area contributed by atoms with Crippen molar-refractivity contribution in [1.29, 1.82) is 0 Å². The molecule has 0 saturated carbocycles. The molecule has 0 aliphatic carbocycles. The zero-order valence-corrected chi connectivity index (χ0v) is 16.4. The highest BCUT2D eigenvalue weighted by Crippen LogP contribution is 2.24. The maximum Gasteiger partial charge on any atom is 0.251 e. The lowest BCUT2D eigenvalue weighted by atomic mass is 10.2. The fourth-order valence-corrected chi connectivity index (χ4v) is 3.24. The molecular formula is C21H22N2O3S. The molecule has 1 aromatic heterocycles. The summed E-state index contributed by atoms with van der Waals surface area (Å²) < 4.78 is 10.8. The van der Waals surface area contributed by atoms with E-state index < -0.39 is 0 Å². The summed E-state index contributed by atoms with van der Waals surface area (Å²) in [6.07, 6.45) is 0.106. The molecule has 2 aromatic carbocycles. The van der Waals surface area contributed by atoms with E-state index in [0.717, 1.165) is 27.8 Å². The average Bonchev–Trinajstić information content (AvgIpc) is 3.15. The lowest BCUT2D eigenvalue weighted by Gasteiger charge is -2.10. The van der Waals surface area contributed by atoms with Gasteiger partial charge in [0.1, 0.15) is 16.5 Å². The van der Waals surface area contributed by atoms with Crippen molar-refractivity contribution >= 4 is 17.2 Å². The summed E-state index contributed by atoms with van der Waals surface area (Å²) in [5.41, 5.74) is 2.51. The van der Waals surface area contributed by atoms with Crippen molar-refractivity contribution in [3.63, 3.8) is 0 Å². The van der Waals surface area contributed by atoms with Crippen molar-refractivity contribution in [3.05, 3.63) is 64.5 Å². The first-order valence-corrected chi connectivity index (χ1v) is 9.57. The Bertz CT molecular complexity index is 887. The number of rotatable bonds is 7. The number of hydrogen-bond donors (Lipinski definition) is 1. The molecule has 27 heavy (non-hydrogen) atoms. The second kappa shape index (κ2) is 8.68. The first-order chi connectivity index (χ1) is 13.0. The molecule has 0 radical (unpaired) electrons. The Hall–Kier alpha value is -2.86. The third-order valence-electron chi connectivity index (χ3n) is 3.83. The number of benzene rings is 2. The molecule has 140 valence electrons. The van der Waals surface area contributed by atoms with Crippen molar-refractivity contribution in [1.82, 2.24) is 10.3 Å². The number of ether oxygens (including phenoxy) is 2. The fourth-order valence-electron chi connectivity index (χ4n) is 2.50. The number of nitrogens with one attached hydrogen (secondary N) is 1. The van der Waals surface area contributed by atoms with E-state index in [1.807, 2.05) is 43.5 Å². The van der Waals surface area contributed by atoms with Crippen LogP contribution in [-0.2, 0) is 6.54 Å². The molecule has 6 heteroatoms. The fraction of sp³-hybridized carbons (Fsp3) is 0.238. The lowest BCUT2D eigenvalue weighted by molar-refractivity contribution is 0.0951. The van der Waals surface area contributed by atoms with Crippen LogP contribution in [0.5, 0.6) is 11.5 Å². The third kappa shape index (κ3) is 5.08. The van der Waals surface area contributed by atoms with Crippen LogP contribution in [0.15, 0.2) is 53.9 Å². The Morgan fingerprint density at radius 2 is 1.74 bits per heavy atom. The highest BCUT2D eigenvalue weighted by atomic mass is 32.1. The quantitative estimate of drug-likeness (QED) is 0.652. The van der Waals surface area contributed by atoms with Gasteiger partial charge in [0.2, 0.25) is 0 Å². The average molecular weight is 382 g/mol. The molecular weight excluding hydrogens is 360 g/mol. The third-order valence-corrected chi connectivity index (χ3v) is 4.67. The zero-order chi connectivity index (χ0) is 19.2. The van der Waals surface area contributed by atoms with Crippen LogP contribution in [0.25, 0.3) is 11.3 Å². The second-order valence-electron chi connectivity index (χ2n) is 6.23.